The standard InChI is InChI=1S/C20H26F3N3O2.HI/c1-13-10-26(11-16(13)17(27)28-3)18(24-2)25-12-19(7-8-19)14-5-4-6-15(9-14)20(21,22)23;/h4-6,9,13,16H,7-8,10-12H2,1-3H3,(H,24,25);1H. The van der Waals surface area contributed by atoms with Crippen LogP contribution in [0.5, 0.6) is 0 Å². The molecule has 2 unspecified atom stereocenters. The number of esters is 1. The molecule has 9 heteroatoms. The molecule has 1 N–H and O–H groups in total. The second-order valence-corrected chi connectivity index (χ2v) is 7.77. The van der Waals surface area contributed by atoms with Gasteiger partial charge >= 0.3 is 12.1 Å². The van der Waals surface area contributed by atoms with Crippen LogP contribution in [0.15, 0.2) is 29.3 Å². The molecule has 5 nitrogen and oxygen atoms in total. The summed E-state index contributed by atoms with van der Waals surface area (Å²) in [5, 5.41) is 3.31. The lowest BCUT2D eigenvalue weighted by atomic mass is 9.94. The Labute approximate surface area is 186 Å². The molecule has 2 aliphatic rings. The van der Waals surface area contributed by atoms with Crippen LogP contribution in [0, 0.1) is 11.8 Å². The molecule has 1 heterocycles. The lowest BCUT2D eigenvalue weighted by molar-refractivity contribution is -0.146. The molecule has 2 atom stereocenters. The minimum atomic E-state index is -4.34. The molecule has 29 heavy (non-hydrogen) atoms. The van der Waals surface area contributed by atoms with Gasteiger partial charge < -0.3 is 15.0 Å². The third-order valence-corrected chi connectivity index (χ3v) is 5.87. The van der Waals surface area contributed by atoms with Crippen LogP contribution in [0.3, 0.4) is 0 Å². The predicted molar refractivity (Wildman–Crippen MR) is 115 cm³/mol. The molecular weight excluding hydrogens is 498 g/mol. The summed E-state index contributed by atoms with van der Waals surface area (Å²) in [6.45, 7) is 3.70. The van der Waals surface area contributed by atoms with Gasteiger partial charge in [-0.1, -0.05) is 25.1 Å². The molecule has 1 saturated carbocycles. The average molecular weight is 525 g/mol. The number of nitrogens with zero attached hydrogens (tertiary/aromatic N) is 2. The molecule has 1 saturated heterocycles. The summed E-state index contributed by atoms with van der Waals surface area (Å²) >= 11 is 0. The van der Waals surface area contributed by atoms with Crippen LogP contribution in [0.1, 0.15) is 30.9 Å². The van der Waals surface area contributed by atoms with Crippen LogP contribution in [0.2, 0.25) is 0 Å². The number of methoxy groups -OCH3 is 1. The van der Waals surface area contributed by atoms with Crippen molar-refractivity contribution in [1.29, 1.82) is 0 Å². The second kappa shape index (κ2) is 9.09. The van der Waals surface area contributed by atoms with Crippen molar-refractivity contribution in [2.24, 2.45) is 16.8 Å². The van der Waals surface area contributed by atoms with Gasteiger partial charge in [-0.15, -0.1) is 24.0 Å². The van der Waals surface area contributed by atoms with Gasteiger partial charge in [-0.2, -0.15) is 13.2 Å². The van der Waals surface area contributed by atoms with E-state index in [1.54, 1.807) is 13.1 Å². The Balaban J connectivity index is 0.00000300. The topological polar surface area (TPSA) is 53.9 Å². The molecule has 0 bridgehead atoms. The number of halogens is 4. The monoisotopic (exact) mass is 525 g/mol. The van der Waals surface area contributed by atoms with Crippen molar-refractivity contribution in [1.82, 2.24) is 10.2 Å². The summed E-state index contributed by atoms with van der Waals surface area (Å²) in [6, 6.07) is 5.58. The van der Waals surface area contributed by atoms with Crippen molar-refractivity contribution >= 4 is 35.9 Å². The van der Waals surface area contributed by atoms with E-state index >= 15 is 0 Å². The van der Waals surface area contributed by atoms with Gasteiger partial charge in [-0.3, -0.25) is 9.79 Å². The summed E-state index contributed by atoms with van der Waals surface area (Å²) in [5.41, 5.74) is -0.216. The summed E-state index contributed by atoms with van der Waals surface area (Å²) in [7, 11) is 3.05. The summed E-state index contributed by atoms with van der Waals surface area (Å²) in [6.07, 6.45) is -2.68. The highest BCUT2D eigenvalue weighted by Gasteiger charge is 2.46. The first-order valence-electron chi connectivity index (χ1n) is 9.41. The van der Waals surface area contributed by atoms with Crippen LogP contribution >= 0.6 is 24.0 Å². The largest absolute Gasteiger partial charge is 0.469 e. The van der Waals surface area contributed by atoms with E-state index in [0.29, 0.717) is 31.2 Å². The van der Waals surface area contributed by atoms with E-state index in [2.05, 4.69) is 10.3 Å². The van der Waals surface area contributed by atoms with Crippen LogP contribution in [0.25, 0.3) is 0 Å². The maximum Gasteiger partial charge on any atom is 0.416 e. The first kappa shape index (κ1) is 23.8. The zero-order valence-electron chi connectivity index (χ0n) is 16.8. The predicted octanol–water partition coefficient (Wildman–Crippen LogP) is 3.67. The molecule has 2 fully saturated rings. The molecular formula is C20H27F3IN3O2. The Morgan fingerprint density at radius 1 is 1.34 bits per heavy atom. The Morgan fingerprint density at radius 2 is 2.03 bits per heavy atom. The highest BCUT2D eigenvalue weighted by molar-refractivity contribution is 14.0. The first-order valence-corrected chi connectivity index (χ1v) is 9.41. The number of guanidine groups is 1. The Hall–Kier alpha value is -1.52. The van der Waals surface area contributed by atoms with Crippen molar-refractivity contribution in [3.05, 3.63) is 35.4 Å². The van der Waals surface area contributed by atoms with Crippen molar-refractivity contribution in [2.75, 3.05) is 33.8 Å². The second-order valence-electron chi connectivity index (χ2n) is 7.77. The van der Waals surface area contributed by atoms with Gasteiger partial charge in [0, 0.05) is 32.1 Å². The van der Waals surface area contributed by atoms with Gasteiger partial charge in [0.05, 0.1) is 18.6 Å². The number of carbonyl (C=O) groups is 1. The highest BCUT2D eigenvalue weighted by atomic mass is 127. The first-order chi connectivity index (χ1) is 13.2. The number of hydrogen-bond donors (Lipinski definition) is 1. The summed E-state index contributed by atoms with van der Waals surface area (Å²) in [4.78, 5) is 18.2. The molecule has 3 rings (SSSR count). The van der Waals surface area contributed by atoms with E-state index in [-0.39, 0.29) is 47.2 Å². The highest BCUT2D eigenvalue weighted by Crippen LogP contribution is 2.48. The van der Waals surface area contributed by atoms with Gasteiger partial charge in [-0.05, 0) is 30.4 Å². The summed E-state index contributed by atoms with van der Waals surface area (Å²) < 4.78 is 44.0. The lowest BCUT2D eigenvalue weighted by Crippen LogP contribution is -2.43. The third kappa shape index (κ3) is 5.16. The number of hydrogen-bond acceptors (Lipinski definition) is 3. The summed E-state index contributed by atoms with van der Waals surface area (Å²) in [5.74, 6) is 0.371. The molecule has 0 radical (unpaired) electrons. The van der Waals surface area contributed by atoms with E-state index < -0.39 is 11.7 Å². The van der Waals surface area contributed by atoms with E-state index in [0.717, 1.165) is 18.9 Å². The quantitative estimate of drug-likeness (QED) is 0.282. The molecule has 162 valence electrons. The van der Waals surface area contributed by atoms with Crippen molar-refractivity contribution in [3.63, 3.8) is 0 Å². The minimum Gasteiger partial charge on any atom is -0.469 e. The van der Waals surface area contributed by atoms with Crippen LogP contribution in [-0.4, -0.2) is 50.6 Å². The maximum atomic E-state index is 13.0. The lowest BCUT2D eigenvalue weighted by Gasteiger charge is -2.25. The fourth-order valence-corrected chi connectivity index (χ4v) is 3.92. The zero-order chi connectivity index (χ0) is 20.5. The molecule has 1 aromatic rings. The van der Waals surface area contributed by atoms with E-state index in [9.17, 15) is 18.0 Å². The van der Waals surface area contributed by atoms with E-state index in [1.807, 2.05) is 11.8 Å². The smallest absolute Gasteiger partial charge is 0.416 e. The number of rotatable bonds is 4. The Kier molecular flexibility index (Phi) is 7.45. The van der Waals surface area contributed by atoms with Gasteiger partial charge in [0.1, 0.15) is 0 Å². The van der Waals surface area contributed by atoms with Crippen molar-refractivity contribution < 1.29 is 22.7 Å². The third-order valence-electron chi connectivity index (χ3n) is 5.87. The fourth-order valence-electron chi connectivity index (χ4n) is 3.92. The Bertz CT molecular complexity index is 766. The van der Waals surface area contributed by atoms with Gasteiger partial charge in [0.2, 0.25) is 0 Å². The Morgan fingerprint density at radius 3 is 2.59 bits per heavy atom. The van der Waals surface area contributed by atoms with Gasteiger partial charge in [-0.25, -0.2) is 0 Å². The van der Waals surface area contributed by atoms with Gasteiger partial charge in [0.25, 0.3) is 0 Å². The normalized spacial score (nSPS) is 23.4. The van der Waals surface area contributed by atoms with Crippen molar-refractivity contribution in [2.45, 2.75) is 31.4 Å². The minimum absolute atomic E-state index is 0. The van der Waals surface area contributed by atoms with Gasteiger partial charge in [0.15, 0.2) is 5.96 Å². The number of carbonyl (C=O) groups excluding carboxylic acids is 1. The van der Waals surface area contributed by atoms with Crippen molar-refractivity contribution in [3.8, 4) is 0 Å². The number of ether oxygens (including phenoxy) is 1. The number of likely N-dealkylation sites (tertiary alicyclic amines) is 1. The SMILES string of the molecule is CN=C(NCC1(c2cccc(C(F)(F)F)c2)CC1)N1CC(C)C(C(=O)OC)C1.I. The maximum absolute atomic E-state index is 13.0. The number of nitrogens with one attached hydrogen (secondary N) is 1. The molecule has 0 spiro atoms. The van der Waals surface area contributed by atoms with Crippen LogP contribution < -0.4 is 5.32 Å². The number of alkyl halides is 3. The molecule has 1 aliphatic carbocycles. The van der Waals surface area contributed by atoms with E-state index in [4.69, 9.17) is 4.74 Å². The fraction of sp³-hybridized carbons (Fsp3) is 0.600. The van der Waals surface area contributed by atoms with E-state index in [1.165, 1.54) is 19.2 Å². The zero-order valence-corrected chi connectivity index (χ0v) is 19.1. The average Bonchev–Trinajstić information content (AvgIpc) is 3.36. The molecule has 1 aliphatic heterocycles. The molecule has 1 aromatic carbocycles. The number of aliphatic imine (C=N–C) groups is 1. The van der Waals surface area contributed by atoms with Crippen LogP contribution in [0.4, 0.5) is 13.2 Å². The molecule has 0 aromatic heterocycles. The van der Waals surface area contributed by atoms with Crippen LogP contribution in [-0.2, 0) is 21.1 Å². The number of benzene rings is 1. The molecule has 0 amide bonds.